The summed E-state index contributed by atoms with van der Waals surface area (Å²) in [7, 11) is 0. The lowest BCUT2D eigenvalue weighted by Crippen LogP contribution is -2.63. The van der Waals surface area contributed by atoms with Crippen LogP contribution in [0.2, 0.25) is 0 Å². The molecule has 13 heteroatoms. The Morgan fingerprint density at radius 3 is 2.12 bits per heavy atom. The van der Waals surface area contributed by atoms with Crippen LogP contribution in [0.3, 0.4) is 0 Å². The number of esters is 4. The zero-order valence-corrected chi connectivity index (χ0v) is 23.7. The van der Waals surface area contributed by atoms with E-state index >= 15 is 0 Å². The van der Waals surface area contributed by atoms with Crippen molar-refractivity contribution in [2.45, 2.75) is 77.8 Å². The Hall–Kier alpha value is -4.10. The minimum atomic E-state index is -1.59. The molecule has 4 rings (SSSR count). The number of hydrogen-bond donors (Lipinski definition) is 1. The van der Waals surface area contributed by atoms with Crippen molar-refractivity contribution < 1.29 is 62.3 Å². The summed E-state index contributed by atoms with van der Waals surface area (Å²) in [5, 5.41) is 10.6. The molecule has 0 aromatic heterocycles. The summed E-state index contributed by atoms with van der Waals surface area (Å²) in [6.45, 7) is 5.72. The number of allylic oxidation sites excluding steroid dienone is 1. The van der Waals surface area contributed by atoms with E-state index in [-0.39, 0.29) is 23.3 Å². The number of Topliss-reactive ketones (excluding diaryl/α,β-unsaturated/α-hetero) is 2. The first-order valence-electron chi connectivity index (χ1n) is 13.3. The fourth-order valence-electron chi connectivity index (χ4n) is 5.63. The van der Waals surface area contributed by atoms with E-state index < -0.39 is 90.7 Å². The van der Waals surface area contributed by atoms with E-state index in [0.29, 0.717) is 0 Å². The summed E-state index contributed by atoms with van der Waals surface area (Å²) >= 11 is 0. The first-order valence-corrected chi connectivity index (χ1v) is 13.3. The standard InChI is InChI=1S/C29H32O13/c1-12-9-18-22(19(34)10-12)24(35)17-7-6-8-20(23(17)25(18)36)41-29-28(40-16(5)33)27(39-15(4)32)26(38-14(3)31)21(42-29)11-37-13(2)30/h6-8,10,18-19,21-22,26-29,34H,9,11H2,1-5H3. The van der Waals surface area contributed by atoms with Crippen molar-refractivity contribution in [1.82, 2.24) is 0 Å². The normalized spacial score (nSPS) is 30.2. The van der Waals surface area contributed by atoms with E-state index in [1.165, 1.54) is 18.2 Å². The van der Waals surface area contributed by atoms with Gasteiger partial charge in [0.15, 0.2) is 23.8 Å². The van der Waals surface area contributed by atoms with E-state index in [4.69, 9.17) is 28.4 Å². The molecule has 1 aromatic carbocycles. The van der Waals surface area contributed by atoms with Crippen LogP contribution in [0.25, 0.3) is 0 Å². The number of hydrogen-bond acceptors (Lipinski definition) is 13. The highest BCUT2D eigenvalue weighted by atomic mass is 16.7. The molecule has 3 aliphatic rings. The fourth-order valence-corrected chi connectivity index (χ4v) is 5.63. The highest BCUT2D eigenvalue weighted by Gasteiger charge is 2.54. The molecule has 226 valence electrons. The third kappa shape index (κ3) is 6.36. The Bertz CT molecular complexity index is 1330. The molecule has 13 nitrogen and oxygen atoms in total. The van der Waals surface area contributed by atoms with Gasteiger partial charge in [-0.3, -0.25) is 28.8 Å². The number of ether oxygens (including phenoxy) is 6. The second kappa shape index (κ2) is 12.4. The third-order valence-corrected chi connectivity index (χ3v) is 7.17. The minimum absolute atomic E-state index is 0.0383. The molecule has 0 radical (unpaired) electrons. The van der Waals surface area contributed by atoms with E-state index in [2.05, 4.69) is 0 Å². The van der Waals surface area contributed by atoms with Gasteiger partial charge < -0.3 is 33.5 Å². The van der Waals surface area contributed by atoms with Crippen LogP contribution >= 0.6 is 0 Å². The van der Waals surface area contributed by atoms with Gasteiger partial charge in [0.05, 0.1) is 17.6 Å². The molecule has 0 saturated carbocycles. The number of rotatable bonds is 7. The number of ketones is 2. The van der Waals surface area contributed by atoms with Crippen LogP contribution in [0.15, 0.2) is 29.8 Å². The van der Waals surface area contributed by atoms with Gasteiger partial charge in [0.1, 0.15) is 18.5 Å². The highest BCUT2D eigenvalue weighted by Crippen LogP contribution is 2.43. The van der Waals surface area contributed by atoms with Gasteiger partial charge in [-0.05, 0) is 19.4 Å². The largest absolute Gasteiger partial charge is 0.463 e. The summed E-state index contributed by atoms with van der Waals surface area (Å²) in [5.74, 6) is -5.84. The van der Waals surface area contributed by atoms with E-state index in [0.717, 1.165) is 33.3 Å². The van der Waals surface area contributed by atoms with E-state index in [9.17, 15) is 33.9 Å². The predicted octanol–water partition coefficient (Wildman–Crippen LogP) is 1.47. The van der Waals surface area contributed by atoms with Gasteiger partial charge in [0, 0.05) is 39.2 Å². The van der Waals surface area contributed by atoms with Crippen molar-refractivity contribution >= 4 is 35.4 Å². The van der Waals surface area contributed by atoms with Gasteiger partial charge in [-0.1, -0.05) is 23.8 Å². The lowest BCUT2D eigenvalue weighted by atomic mass is 9.66. The summed E-state index contributed by atoms with van der Waals surface area (Å²) in [5.41, 5.74) is 0.751. The maximum Gasteiger partial charge on any atom is 0.303 e. The molecular weight excluding hydrogens is 556 g/mol. The van der Waals surface area contributed by atoms with Gasteiger partial charge in [-0.15, -0.1) is 0 Å². The Morgan fingerprint density at radius 1 is 0.881 bits per heavy atom. The maximum absolute atomic E-state index is 13.8. The maximum atomic E-state index is 13.8. The summed E-state index contributed by atoms with van der Waals surface area (Å²) in [6.07, 6.45) is -6.53. The van der Waals surface area contributed by atoms with E-state index in [1.54, 1.807) is 13.0 Å². The third-order valence-electron chi connectivity index (χ3n) is 7.17. The SMILES string of the molecule is CC(=O)OCC1OC(Oc2cccc3c2C(=O)C2CC(C)=CC(O)C2C3=O)C(OC(C)=O)C(OC(C)=O)C1OC(C)=O. The van der Waals surface area contributed by atoms with Gasteiger partial charge in [0.25, 0.3) is 0 Å². The average Bonchev–Trinajstić information content (AvgIpc) is 2.88. The average molecular weight is 589 g/mol. The highest BCUT2D eigenvalue weighted by molar-refractivity contribution is 6.17. The summed E-state index contributed by atoms with van der Waals surface area (Å²) in [6, 6.07) is 4.34. The Balaban J connectivity index is 1.77. The lowest BCUT2D eigenvalue weighted by Gasteiger charge is -2.44. The quantitative estimate of drug-likeness (QED) is 0.275. The van der Waals surface area contributed by atoms with Gasteiger partial charge >= 0.3 is 23.9 Å². The molecule has 1 aliphatic heterocycles. The first kappa shape index (κ1) is 30.8. The molecule has 1 N–H and O–H groups in total. The Morgan fingerprint density at radius 2 is 1.50 bits per heavy atom. The van der Waals surface area contributed by atoms with Crippen molar-refractivity contribution in [2.24, 2.45) is 11.8 Å². The molecule has 1 saturated heterocycles. The van der Waals surface area contributed by atoms with Gasteiger partial charge in [-0.2, -0.15) is 0 Å². The number of aliphatic hydroxyl groups excluding tert-OH is 1. The molecule has 0 spiro atoms. The molecule has 2 aliphatic carbocycles. The fraction of sp³-hybridized carbons (Fsp3) is 0.517. The Kier molecular flexibility index (Phi) is 9.12. The summed E-state index contributed by atoms with van der Waals surface area (Å²) in [4.78, 5) is 75.0. The van der Waals surface area contributed by atoms with Crippen LogP contribution in [0, 0.1) is 11.8 Å². The van der Waals surface area contributed by atoms with Crippen LogP contribution < -0.4 is 4.74 Å². The molecule has 42 heavy (non-hydrogen) atoms. The van der Waals surface area contributed by atoms with Crippen LogP contribution in [-0.2, 0) is 42.9 Å². The predicted molar refractivity (Wildman–Crippen MR) is 139 cm³/mol. The number of carbonyl (C=O) groups excluding carboxylic acids is 6. The molecule has 8 atom stereocenters. The topological polar surface area (TPSA) is 178 Å². The van der Waals surface area contributed by atoms with Gasteiger partial charge in [0.2, 0.25) is 12.4 Å². The number of benzene rings is 1. The molecule has 0 amide bonds. The first-order chi connectivity index (χ1) is 19.8. The Labute approximate surface area is 241 Å². The van der Waals surface area contributed by atoms with Crippen LogP contribution in [0.1, 0.15) is 61.8 Å². The molecule has 8 unspecified atom stereocenters. The van der Waals surface area contributed by atoms with Crippen molar-refractivity contribution in [3.8, 4) is 5.75 Å². The zero-order valence-electron chi connectivity index (χ0n) is 23.7. The van der Waals surface area contributed by atoms with Crippen molar-refractivity contribution in [3.05, 3.63) is 41.0 Å². The zero-order chi connectivity index (χ0) is 30.9. The van der Waals surface area contributed by atoms with Crippen molar-refractivity contribution in [1.29, 1.82) is 0 Å². The van der Waals surface area contributed by atoms with Crippen LogP contribution in [0.4, 0.5) is 0 Å². The number of fused-ring (bicyclic) bond motifs is 2. The second-order valence-electron chi connectivity index (χ2n) is 10.4. The molecular formula is C29H32O13. The smallest absolute Gasteiger partial charge is 0.303 e. The number of aliphatic hydroxyl groups is 1. The monoisotopic (exact) mass is 588 g/mol. The van der Waals surface area contributed by atoms with Crippen LogP contribution in [0.5, 0.6) is 5.75 Å². The van der Waals surface area contributed by atoms with Crippen molar-refractivity contribution in [2.75, 3.05) is 6.61 Å². The molecule has 1 aromatic rings. The lowest BCUT2D eigenvalue weighted by molar-refractivity contribution is -0.288. The van der Waals surface area contributed by atoms with E-state index in [1.807, 2.05) is 0 Å². The minimum Gasteiger partial charge on any atom is -0.463 e. The molecule has 0 bridgehead atoms. The van der Waals surface area contributed by atoms with Crippen LogP contribution in [-0.4, -0.2) is 84.0 Å². The second-order valence-corrected chi connectivity index (χ2v) is 10.4. The summed E-state index contributed by atoms with van der Waals surface area (Å²) < 4.78 is 33.4. The molecule has 1 fully saturated rings. The molecule has 1 heterocycles. The van der Waals surface area contributed by atoms with Gasteiger partial charge in [-0.25, -0.2) is 0 Å². The number of carbonyl (C=O) groups is 6. The van der Waals surface area contributed by atoms with Crippen molar-refractivity contribution in [3.63, 3.8) is 0 Å².